The summed E-state index contributed by atoms with van der Waals surface area (Å²) in [6.07, 6.45) is 1.66. The van der Waals surface area contributed by atoms with Gasteiger partial charge in [0.15, 0.2) is 11.5 Å². The van der Waals surface area contributed by atoms with Crippen LogP contribution in [0.5, 0.6) is 11.5 Å². The van der Waals surface area contributed by atoms with E-state index in [9.17, 15) is 5.26 Å². The molecule has 0 saturated carbocycles. The molecule has 0 saturated heterocycles. The first kappa shape index (κ1) is 17.8. The third-order valence-corrected chi connectivity index (χ3v) is 4.83. The number of hydrogen-bond donors (Lipinski definition) is 0. The van der Waals surface area contributed by atoms with Gasteiger partial charge in [-0.15, -0.1) is 0 Å². The lowest BCUT2D eigenvalue weighted by Crippen LogP contribution is -1.92. The highest BCUT2D eigenvalue weighted by Gasteiger charge is 2.22. The minimum atomic E-state index is 0.216. The van der Waals surface area contributed by atoms with E-state index in [-0.39, 0.29) is 12.7 Å². The van der Waals surface area contributed by atoms with Crippen LogP contribution in [0.4, 0.5) is 5.88 Å². The van der Waals surface area contributed by atoms with Gasteiger partial charge in [-0.2, -0.15) is 5.26 Å². The van der Waals surface area contributed by atoms with E-state index in [0.717, 1.165) is 22.3 Å². The quantitative estimate of drug-likeness (QED) is 0.402. The maximum atomic E-state index is 9.92. The Morgan fingerprint density at radius 3 is 2.27 bits per heavy atom. The Morgan fingerprint density at radius 2 is 1.53 bits per heavy atom. The molecule has 0 amide bonds. The van der Waals surface area contributed by atoms with Crippen molar-refractivity contribution < 1.29 is 13.9 Å². The number of ether oxygens (including phenoxy) is 2. The van der Waals surface area contributed by atoms with Crippen molar-refractivity contribution in [3.8, 4) is 40.0 Å². The molecule has 0 atom stereocenters. The lowest BCUT2D eigenvalue weighted by atomic mass is 9.98. The van der Waals surface area contributed by atoms with Crippen LogP contribution in [-0.2, 0) is 0 Å². The minimum Gasteiger partial charge on any atom is -0.454 e. The topological polar surface area (TPSA) is 67.8 Å². The van der Waals surface area contributed by atoms with E-state index in [1.807, 2.05) is 78.9 Å². The van der Waals surface area contributed by atoms with Crippen molar-refractivity contribution in [3.63, 3.8) is 0 Å². The van der Waals surface area contributed by atoms with Crippen molar-refractivity contribution in [2.75, 3.05) is 6.79 Å². The van der Waals surface area contributed by atoms with Crippen LogP contribution >= 0.6 is 0 Å². The average Bonchev–Trinajstić information content (AvgIpc) is 3.42. The number of nitrogens with zero attached hydrogens (tertiary/aromatic N) is 2. The average molecular weight is 392 g/mol. The molecule has 0 unspecified atom stereocenters. The molecule has 0 aliphatic carbocycles. The zero-order valence-corrected chi connectivity index (χ0v) is 15.9. The Hall–Kier alpha value is -4.30. The molecular weight excluding hydrogens is 376 g/mol. The Bertz CT molecular complexity index is 1270. The second kappa shape index (κ2) is 7.61. The molecule has 0 spiro atoms. The predicted octanol–water partition coefficient (Wildman–Crippen LogP) is 5.96. The molecule has 4 aromatic rings. The molecule has 1 aromatic heterocycles. The van der Waals surface area contributed by atoms with Gasteiger partial charge in [0.05, 0.1) is 0 Å². The third-order valence-electron chi connectivity index (χ3n) is 4.83. The Labute approximate surface area is 173 Å². The molecule has 0 fully saturated rings. The van der Waals surface area contributed by atoms with E-state index in [1.165, 1.54) is 0 Å². The molecule has 0 bridgehead atoms. The second-order valence-corrected chi connectivity index (χ2v) is 6.70. The third kappa shape index (κ3) is 3.21. The standard InChI is InChI=1S/C25H16N2O3/c26-14-20-23(18-7-3-1-4-8-18)24(19-9-5-2-6-10-19)30-25(20)27-15-17-11-12-21-22(13-17)29-16-28-21/h1-13,15H,16H2. The summed E-state index contributed by atoms with van der Waals surface area (Å²) in [4.78, 5) is 4.49. The lowest BCUT2D eigenvalue weighted by molar-refractivity contribution is 0.174. The Kier molecular flexibility index (Phi) is 4.51. The molecule has 5 heteroatoms. The van der Waals surface area contributed by atoms with Crippen molar-refractivity contribution in [2.45, 2.75) is 0 Å². The van der Waals surface area contributed by atoms with Crippen molar-refractivity contribution in [1.82, 2.24) is 0 Å². The summed E-state index contributed by atoms with van der Waals surface area (Å²) in [7, 11) is 0. The zero-order valence-electron chi connectivity index (χ0n) is 15.9. The summed E-state index contributed by atoms with van der Waals surface area (Å²) in [6.45, 7) is 0.216. The summed E-state index contributed by atoms with van der Waals surface area (Å²) in [5, 5.41) is 9.92. The fourth-order valence-electron chi connectivity index (χ4n) is 3.41. The van der Waals surface area contributed by atoms with Gasteiger partial charge in [-0.05, 0) is 29.3 Å². The fourth-order valence-corrected chi connectivity index (χ4v) is 3.41. The SMILES string of the molecule is N#Cc1c(N=Cc2ccc3c(c2)OCO3)oc(-c2ccccc2)c1-c1ccccc1. The molecule has 5 nitrogen and oxygen atoms in total. The van der Waals surface area contributed by atoms with Gasteiger partial charge in [-0.25, -0.2) is 4.99 Å². The van der Waals surface area contributed by atoms with Crippen LogP contribution in [0.3, 0.4) is 0 Å². The van der Waals surface area contributed by atoms with Gasteiger partial charge in [-0.1, -0.05) is 60.7 Å². The molecule has 0 radical (unpaired) electrons. The molecule has 2 heterocycles. The van der Waals surface area contributed by atoms with Crippen LogP contribution in [0, 0.1) is 11.3 Å². The van der Waals surface area contributed by atoms with Crippen LogP contribution in [0.15, 0.2) is 88.3 Å². The number of furan rings is 1. The van der Waals surface area contributed by atoms with Gasteiger partial charge in [0, 0.05) is 17.3 Å². The number of aliphatic imine (C=N–C) groups is 1. The number of benzene rings is 3. The monoisotopic (exact) mass is 392 g/mol. The van der Waals surface area contributed by atoms with Gasteiger partial charge < -0.3 is 13.9 Å². The first-order valence-electron chi connectivity index (χ1n) is 9.45. The van der Waals surface area contributed by atoms with Crippen molar-refractivity contribution in [1.29, 1.82) is 5.26 Å². The second-order valence-electron chi connectivity index (χ2n) is 6.70. The molecule has 0 N–H and O–H groups in total. The van der Waals surface area contributed by atoms with E-state index in [2.05, 4.69) is 11.1 Å². The molecule has 3 aromatic carbocycles. The summed E-state index contributed by atoms with van der Waals surface area (Å²) >= 11 is 0. The summed E-state index contributed by atoms with van der Waals surface area (Å²) in [5.41, 5.74) is 3.75. The summed E-state index contributed by atoms with van der Waals surface area (Å²) in [6, 6.07) is 27.3. The number of fused-ring (bicyclic) bond motifs is 1. The summed E-state index contributed by atoms with van der Waals surface area (Å²) < 4.78 is 16.9. The van der Waals surface area contributed by atoms with Gasteiger partial charge in [-0.3, -0.25) is 0 Å². The minimum absolute atomic E-state index is 0.216. The zero-order chi connectivity index (χ0) is 20.3. The largest absolute Gasteiger partial charge is 0.454 e. The fraction of sp³-hybridized carbons (Fsp3) is 0.0400. The van der Waals surface area contributed by atoms with E-state index in [4.69, 9.17) is 13.9 Å². The number of nitriles is 1. The highest BCUT2D eigenvalue weighted by molar-refractivity contribution is 5.90. The first-order chi connectivity index (χ1) is 14.8. The highest BCUT2D eigenvalue weighted by atomic mass is 16.7. The molecule has 5 rings (SSSR count). The van der Waals surface area contributed by atoms with Crippen molar-refractivity contribution in [2.24, 2.45) is 4.99 Å². The van der Waals surface area contributed by atoms with Crippen molar-refractivity contribution >= 4 is 12.1 Å². The van der Waals surface area contributed by atoms with Gasteiger partial charge in [0.1, 0.15) is 17.4 Å². The van der Waals surface area contributed by atoms with Crippen LogP contribution < -0.4 is 9.47 Å². The van der Waals surface area contributed by atoms with Crippen LogP contribution in [0.1, 0.15) is 11.1 Å². The Balaban J connectivity index is 1.62. The van der Waals surface area contributed by atoms with Gasteiger partial charge in [0.25, 0.3) is 0 Å². The van der Waals surface area contributed by atoms with E-state index in [0.29, 0.717) is 22.8 Å². The first-order valence-corrected chi connectivity index (χ1v) is 9.45. The van der Waals surface area contributed by atoms with E-state index >= 15 is 0 Å². The maximum Gasteiger partial charge on any atom is 0.238 e. The highest BCUT2D eigenvalue weighted by Crippen LogP contribution is 2.42. The smallest absolute Gasteiger partial charge is 0.238 e. The molecule has 144 valence electrons. The number of hydrogen-bond acceptors (Lipinski definition) is 5. The molecular formula is C25H16N2O3. The van der Waals surface area contributed by atoms with E-state index in [1.54, 1.807) is 6.21 Å². The van der Waals surface area contributed by atoms with Crippen LogP contribution in [-0.4, -0.2) is 13.0 Å². The van der Waals surface area contributed by atoms with Gasteiger partial charge in [0.2, 0.25) is 12.7 Å². The Morgan fingerprint density at radius 1 is 0.833 bits per heavy atom. The number of rotatable bonds is 4. The predicted molar refractivity (Wildman–Crippen MR) is 114 cm³/mol. The molecule has 1 aliphatic heterocycles. The van der Waals surface area contributed by atoms with Gasteiger partial charge >= 0.3 is 0 Å². The summed E-state index contributed by atoms with van der Waals surface area (Å²) in [5.74, 6) is 2.28. The maximum absolute atomic E-state index is 9.92. The normalized spacial score (nSPS) is 12.2. The van der Waals surface area contributed by atoms with Crippen molar-refractivity contribution in [3.05, 3.63) is 90.0 Å². The van der Waals surface area contributed by atoms with E-state index < -0.39 is 0 Å². The molecule has 1 aliphatic rings. The molecule has 30 heavy (non-hydrogen) atoms. The van der Waals surface area contributed by atoms with Crippen LogP contribution in [0.2, 0.25) is 0 Å². The lowest BCUT2D eigenvalue weighted by Gasteiger charge is -2.03. The van der Waals surface area contributed by atoms with Crippen LogP contribution in [0.25, 0.3) is 22.5 Å².